The van der Waals surface area contributed by atoms with E-state index in [4.69, 9.17) is 4.84 Å². The van der Waals surface area contributed by atoms with Gasteiger partial charge in [0.25, 0.3) is 5.91 Å². The highest BCUT2D eigenvalue weighted by molar-refractivity contribution is 6.07. The summed E-state index contributed by atoms with van der Waals surface area (Å²) in [5, 5.41) is 4.49. The molecule has 2 saturated heterocycles. The lowest BCUT2D eigenvalue weighted by atomic mass is 9.90. The van der Waals surface area contributed by atoms with Gasteiger partial charge in [0.1, 0.15) is 6.54 Å². The molecule has 3 amide bonds. The first-order valence-corrected chi connectivity index (χ1v) is 10.1. The summed E-state index contributed by atoms with van der Waals surface area (Å²) < 4.78 is 0. The zero-order valence-electron chi connectivity index (χ0n) is 17.7. The summed E-state index contributed by atoms with van der Waals surface area (Å²) in [6.07, 6.45) is 0.795. The first-order chi connectivity index (χ1) is 13.8. The SMILES string of the molecule is CCC(CC)NC(=O)CN1OC2C(=O)N(C)C(=O)C2C1c1ccc(N(C)C)cc1. The lowest BCUT2D eigenvalue weighted by Crippen LogP contribution is -2.43. The van der Waals surface area contributed by atoms with Crippen molar-refractivity contribution in [1.29, 1.82) is 0 Å². The number of rotatable bonds is 7. The van der Waals surface area contributed by atoms with Crippen LogP contribution in [0.25, 0.3) is 0 Å². The third-order valence-electron chi connectivity index (χ3n) is 5.82. The molecule has 0 aliphatic carbocycles. The van der Waals surface area contributed by atoms with E-state index in [9.17, 15) is 14.4 Å². The molecule has 2 heterocycles. The van der Waals surface area contributed by atoms with Crippen molar-refractivity contribution in [1.82, 2.24) is 15.3 Å². The number of hydroxylamine groups is 2. The van der Waals surface area contributed by atoms with Gasteiger partial charge in [-0.3, -0.25) is 24.1 Å². The highest BCUT2D eigenvalue weighted by atomic mass is 16.7. The van der Waals surface area contributed by atoms with Crippen LogP contribution in [0.1, 0.15) is 38.3 Å². The minimum atomic E-state index is -0.882. The number of likely N-dealkylation sites (tertiary alicyclic amines) is 1. The fourth-order valence-corrected chi connectivity index (χ4v) is 3.99. The van der Waals surface area contributed by atoms with Gasteiger partial charge >= 0.3 is 0 Å². The summed E-state index contributed by atoms with van der Waals surface area (Å²) in [7, 11) is 5.38. The van der Waals surface area contributed by atoms with Crippen molar-refractivity contribution in [3.63, 3.8) is 0 Å². The predicted molar refractivity (Wildman–Crippen MR) is 109 cm³/mol. The molecule has 8 heteroatoms. The van der Waals surface area contributed by atoms with Gasteiger partial charge in [-0.2, -0.15) is 5.06 Å². The molecule has 158 valence electrons. The number of hydrogen-bond donors (Lipinski definition) is 1. The van der Waals surface area contributed by atoms with Gasteiger partial charge in [-0.1, -0.05) is 26.0 Å². The van der Waals surface area contributed by atoms with E-state index in [1.807, 2.05) is 57.1 Å². The monoisotopic (exact) mass is 402 g/mol. The number of nitrogens with zero attached hydrogens (tertiary/aromatic N) is 3. The van der Waals surface area contributed by atoms with Gasteiger partial charge in [0.05, 0.1) is 12.0 Å². The number of hydrogen-bond acceptors (Lipinski definition) is 6. The molecule has 3 unspecified atom stereocenters. The van der Waals surface area contributed by atoms with Crippen LogP contribution in [0.2, 0.25) is 0 Å². The maximum atomic E-state index is 12.7. The van der Waals surface area contributed by atoms with E-state index < -0.39 is 18.1 Å². The molecule has 1 N–H and O–H groups in total. The highest BCUT2D eigenvalue weighted by Crippen LogP contribution is 2.44. The Morgan fingerprint density at radius 3 is 2.31 bits per heavy atom. The molecule has 0 spiro atoms. The van der Waals surface area contributed by atoms with E-state index in [-0.39, 0.29) is 30.3 Å². The van der Waals surface area contributed by atoms with Crippen molar-refractivity contribution in [3.8, 4) is 0 Å². The van der Waals surface area contributed by atoms with Crippen LogP contribution < -0.4 is 10.2 Å². The van der Waals surface area contributed by atoms with Crippen LogP contribution in [0.3, 0.4) is 0 Å². The number of fused-ring (bicyclic) bond motifs is 1. The average Bonchev–Trinajstić information content (AvgIpc) is 3.17. The van der Waals surface area contributed by atoms with Crippen molar-refractivity contribution in [2.24, 2.45) is 5.92 Å². The first kappa shape index (κ1) is 21.3. The maximum Gasteiger partial charge on any atom is 0.261 e. The molecule has 2 fully saturated rings. The van der Waals surface area contributed by atoms with E-state index in [1.54, 1.807) is 0 Å². The molecule has 0 radical (unpaired) electrons. The van der Waals surface area contributed by atoms with Crippen molar-refractivity contribution >= 4 is 23.4 Å². The molecule has 0 bridgehead atoms. The zero-order chi connectivity index (χ0) is 21.3. The minimum Gasteiger partial charge on any atom is -0.378 e. The Labute approximate surface area is 171 Å². The Hall–Kier alpha value is -2.45. The van der Waals surface area contributed by atoms with Crippen LogP contribution >= 0.6 is 0 Å². The molecule has 1 aromatic rings. The second-order valence-electron chi connectivity index (χ2n) is 7.87. The van der Waals surface area contributed by atoms with E-state index in [2.05, 4.69) is 5.32 Å². The average molecular weight is 402 g/mol. The van der Waals surface area contributed by atoms with Crippen molar-refractivity contribution in [3.05, 3.63) is 29.8 Å². The van der Waals surface area contributed by atoms with Crippen LogP contribution in [0.15, 0.2) is 24.3 Å². The molecule has 0 aromatic heterocycles. The Kier molecular flexibility index (Phi) is 6.24. The van der Waals surface area contributed by atoms with E-state index >= 15 is 0 Å². The summed E-state index contributed by atoms with van der Waals surface area (Å²) >= 11 is 0. The van der Waals surface area contributed by atoms with Gasteiger partial charge in [-0.05, 0) is 30.5 Å². The van der Waals surface area contributed by atoms with Gasteiger partial charge in [0.2, 0.25) is 11.8 Å². The second-order valence-corrected chi connectivity index (χ2v) is 7.87. The Balaban J connectivity index is 1.87. The number of nitrogens with one attached hydrogen (secondary N) is 1. The van der Waals surface area contributed by atoms with Crippen molar-refractivity contribution in [2.75, 3.05) is 32.6 Å². The standard InChI is InChI=1S/C21H30N4O4/c1-6-14(7-2)22-16(26)12-25-18(13-8-10-15(11-9-13)23(3)4)17-19(29-25)21(28)24(5)20(17)27/h8-11,14,17-19H,6-7,12H2,1-5H3,(H,22,26). The zero-order valence-corrected chi connectivity index (χ0v) is 17.7. The third-order valence-corrected chi connectivity index (χ3v) is 5.82. The molecular weight excluding hydrogens is 372 g/mol. The summed E-state index contributed by atoms with van der Waals surface area (Å²) in [4.78, 5) is 46.7. The van der Waals surface area contributed by atoms with Crippen LogP contribution in [0, 0.1) is 5.92 Å². The number of likely N-dealkylation sites (N-methyl/N-ethyl adjacent to an activating group) is 1. The molecule has 3 rings (SSSR count). The number of benzene rings is 1. The topological polar surface area (TPSA) is 82.2 Å². The van der Waals surface area contributed by atoms with Crippen LogP contribution in [0.4, 0.5) is 5.69 Å². The van der Waals surface area contributed by atoms with E-state index in [0.29, 0.717) is 0 Å². The maximum absolute atomic E-state index is 12.7. The molecule has 8 nitrogen and oxygen atoms in total. The Morgan fingerprint density at radius 1 is 1.14 bits per heavy atom. The van der Waals surface area contributed by atoms with Gasteiger partial charge in [0.15, 0.2) is 6.10 Å². The summed E-state index contributed by atoms with van der Waals surface area (Å²) in [6, 6.07) is 7.36. The number of carbonyl (C=O) groups excluding carboxylic acids is 3. The Morgan fingerprint density at radius 2 is 1.76 bits per heavy atom. The highest BCUT2D eigenvalue weighted by Gasteiger charge is 2.58. The largest absolute Gasteiger partial charge is 0.378 e. The molecule has 3 atom stereocenters. The number of anilines is 1. The predicted octanol–water partition coefficient (Wildman–Crippen LogP) is 1.33. The van der Waals surface area contributed by atoms with Crippen LogP contribution in [-0.2, 0) is 19.2 Å². The lowest BCUT2D eigenvalue weighted by Gasteiger charge is -2.27. The molecular formula is C21H30N4O4. The third kappa shape index (κ3) is 4.00. The molecule has 0 saturated carbocycles. The van der Waals surface area contributed by atoms with Crippen LogP contribution in [-0.4, -0.2) is 67.5 Å². The fourth-order valence-electron chi connectivity index (χ4n) is 3.99. The van der Waals surface area contributed by atoms with E-state index in [0.717, 1.165) is 29.0 Å². The lowest BCUT2D eigenvalue weighted by molar-refractivity contribution is -0.182. The van der Waals surface area contributed by atoms with Crippen LogP contribution in [0.5, 0.6) is 0 Å². The van der Waals surface area contributed by atoms with Crippen molar-refractivity contribution in [2.45, 2.75) is 44.9 Å². The second kappa shape index (κ2) is 8.51. The minimum absolute atomic E-state index is 0.0339. The molecule has 29 heavy (non-hydrogen) atoms. The van der Waals surface area contributed by atoms with Gasteiger partial charge < -0.3 is 10.2 Å². The van der Waals surface area contributed by atoms with Crippen molar-refractivity contribution < 1.29 is 19.2 Å². The number of imide groups is 1. The van der Waals surface area contributed by atoms with Gasteiger partial charge in [-0.25, -0.2) is 0 Å². The summed E-state index contributed by atoms with van der Waals surface area (Å²) in [5.74, 6) is -1.47. The quantitative estimate of drug-likeness (QED) is 0.693. The van der Waals surface area contributed by atoms with Gasteiger partial charge in [0, 0.05) is 32.9 Å². The summed E-state index contributed by atoms with van der Waals surface area (Å²) in [6.45, 7) is 4.01. The molecule has 1 aromatic carbocycles. The smallest absolute Gasteiger partial charge is 0.261 e. The molecule has 2 aliphatic heterocycles. The summed E-state index contributed by atoms with van der Waals surface area (Å²) in [5.41, 5.74) is 1.86. The van der Waals surface area contributed by atoms with E-state index in [1.165, 1.54) is 12.1 Å². The normalized spacial score (nSPS) is 24.3. The number of amides is 3. The van der Waals surface area contributed by atoms with Gasteiger partial charge in [-0.15, -0.1) is 0 Å². The number of carbonyl (C=O) groups is 3. The first-order valence-electron chi connectivity index (χ1n) is 10.1. The fraction of sp³-hybridized carbons (Fsp3) is 0.571. The molecule has 2 aliphatic rings. The Bertz CT molecular complexity index is 775.